The van der Waals surface area contributed by atoms with E-state index in [0.29, 0.717) is 6.42 Å². The number of amides is 1. The first-order valence-electron chi connectivity index (χ1n) is 10.9. The predicted molar refractivity (Wildman–Crippen MR) is 122 cm³/mol. The third-order valence-corrected chi connectivity index (χ3v) is 5.83. The highest BCUT2D eigenvalue weighted by molar-refractivity contribution is 5.76. The van der Waals surface area contributed by atoms with Crippen LogP contribution in [0.15, 0.2) is 42.5 Å². The Morgan fingerprint density at radius 3 is 2.45 bits per heavy atom. The maximum absolute atomic E-state index is 12.1. The van der Waals surface area contributed by atoms with Crippen LogP contribution in [-0.4, -0.2) is 50.1 Å². The van der Waals surface area contributed by atoms with Crippen molar-refractivity contribution < 1.29 is 4.79 Å². The van der Waals surface area contributed by atoms with Gasteiger partial charge in [-0.3, -0.25) is 9.69 Å². The number of nitrogens with zero attached hydrogens (tertiary/aromatic N) is 2. The Morgan fingerprint density at radius 2 is 1.72 bits per heavy atom. The molecule has 1 fully saturated rings. The van der Waals surface area contributed by atoms with Crippen LogP contribution in [0.1, 0.15) is 35.1 Å². The maximum Gasteiger partial charge on any atom is 0.220 e. The molecule has 1 aliphatic heterocycles. The number of nitrogens with one attached hydrogen (secondary N) is 1. The molecule has 0 atom stereocenters. The summed E-state index contributed by atoms with van der Waals surface area (Å²) in [6.45, 7) is 12.5. The van der Waals surface area contributed by atoms with Crippen molar-refractivity contribution in [2.24, 2.45) is 0 Å². The molecule has 0 unspecified atom stereocenters. The number of rotatable bonds is 8. The minimum absolute atomic E-state index is 0.161. The average molecular weight is 394 g/mol. The van der Waals surface area contributed by atoms with E-state index in [1.54, 1.807) is 0 Å². The van der Waals surface area contributed by atoms with E-state index in [4.69, 9.17) is 0 Å². The molecule has 29 heavy (non-hydrogen) atoms. The van der Waals surface area contributed by atoms with Gasteiger partial charge in [0.1, 0.15) is 0 Å². The quantitative estimate of drug-likeness (QED) is 0.692. The zero-order valence-corrected chi connectivity index (χ0v) is 18.2. The van der Waals surface area contributed by atoms with Gasteiger partial charge in [0.2, 0.25) is 5.91 Å². The monoisotopic (exact) mass is 393 g/mol. The van der Waals surface area contributed by atoms with E-state index in [1.807, 2.05) is 0 Å². The van der Waals surface area contributed by atoms with Gasteiger partial charge in [-0.25, -0.2) is 0 Å². The van der Waals surface area contributed by atoms with Crippen molar-refractivity contribution in [3.05, 3.63) is 64.7 Å². The number of hydrogen-bond acceptors (Lipinski definition) is 3. The molecule has 1 N–H and O–H groups in total. The van der Waals surface area contributed by atoms with Gasteiger partial charge in [-0.15, -0.1) is 0 Å². The molecule has 1 saturated heterocycles. The van der Waals surface area contributed by atoms with E-state index >= 15 is 0 Å². The third-order valence-electron chi connectivity index (χ3n) is 5.83. The van der Waals surface area contributed by atoms with E-state index in [1.165, 1.54) is 27.9 Å². The van der Waals surface area contributed by atoms with E-state index in [9.17, 15) is 4.79 Å². The Morgan fingerprint density at radius 1 is 0.966 bits per heavy atom. The lowest BCUT2D eigenvalue weighted by atomic mass is 10.0. The summed E-state index contributed by atoms with van der Waals surface area (Å²) in [7, 11) is 0. The SMILES string of the molecule is Cc1cccc(N2CCN(CCCNC(=O)CCc3ccc(C)cc3C)CC2)c1. The Kier molecular flexibility index (Phi) is 7.70. The summed E-state index contributed by atoms with van der Waals surface area (Å²) in [5, 5.41) is 3.09. The van der Waals surface area contributed by atoms with E-state index in [-0.39, 0.29) is 5.91 Å². The lowest BCUT2D eigenvalue weighted by Crippen LogP contribution is -2.47. The molecule has 0 saturated carbocycles. The highest BCUT2D eigenvalue weighted by atomic mass is 16.1. The van der Waals surface area contributed by atoms with Gasteiger partial charge in [0.25, 0.3) is 0 Å². The van der Waals surface area contributed by atoms with E-state index < -0.39 is 0 Å². The van der Waals surface area contributed by atoms with Gasteiger partial charge < -0.3 is 10.2 Å². The van der Waals surface area contributed by atoms with Crippen LogP contribution < -0.4 is 10.2 Å². The predicted octanol–water partition coefficient (Wildman–Crippen LogP) is 3.87. The van der Waals surface area contributed by atoms with E-state index in [0.717, 1.165) is 52.1 Å². The lowest BCUT2D eigenvalue weighted by Gasteiger charge is -2.36. The average Bonchev–Trinajstić information content (AvgIpc) is 2.71. The smallest absolute Gasteiger partial charge is 0.220 e. The number of hydrogen-bond donors (Lipinski definition) is 1. The van der Waals surface area contributed by atoms with Crippen molar-refractivity contribution in [2.45, 2.75) is 40.0 Å². The molecule has 1 amide bonds. The zero-order chi connectivity index (χ0) is 20.6. The summed E-state index contributed by atoms with van der Waals surface area (Å²) in [4.78, 5) is 17.1. The highest BCUT2D eigenvalue weighted by Gasteiger charge is 2.16. The second-order valence-corrected chi connectivity index (χ2v) is 8.30. The van der Waals surface area contributed by atoms with Crippen molar-refractivity contribution in [3.63, 3.8) is 0 Å². The molecule has 0 radical (unpaired) electrons. The fourth-order valence-electron chi connectivity index (χ4n) is 4.05. The topological polar surface area (TPSA) is 35.6 Å². The Hall–Kier alpha value is -2.33. The molecular weight excluding hydrogens is 358 g/mol. The number of carbonyl (C=O) groups is 1. The molecule has 2 aromatic carbocycles. The van der Waals surface area contributed by atoms with Gasteiger partial charge in [-0.05, 0) is 69.0 Å². The highest BCUT2D eigenvalue weighted by Crippen LogP contribution is 2.18. The normalized spacial score (nSPS) is 14.8. The first-order chi connectivity index (χ1) is 14.0. The minimum Gasteiger partial charge on any atom is -0.369 e. The summed E-state index contributed by atoms with van der Waals surface area (Å²) in [6, 6.07) is 15.2. The molecule has 0 aliphatic carbocycles. The second kappa shape index (κ2) is 10.4. The summed E-state index contributed by atoms with van der Waals surface area (Å²) in [6.07, 6.45) is 2.40. The van der Waals surface area contributed by atoms with Crippen LogP contribution in [0.5, 0.6) is 0 Å². The molecule has 4 heteroatoms. The van der Waals surface area contributed by atoms with E-state index in [2.05, 4.69) is 78.4 Å². The van der Waals surface area contributed by atoms with Crippen molar-refractivity contribution in [1.82, 2.24) is 10.2 Å². The van der Waals surface area contributed by atoms with Crippen molar-refractivity contribution in [3.8, 4) is 0 Å². The molecule has 4 nitrogen and oxygen atoms in total. The second-order valence-electron chi connectivity index (χ2n) is 8.30. The van der Waals surface area contributed by atoms with Gasteiger partial charge in [-0.1, -0.05) is 35.9 Å². The maximum atomic E-state index is 12.1. The van der Waals surface area contributed by atoms with Crippen molar-refractivity contribution in [2.75, 3.05) is 44.2 Å². The fraction of sp³-hybridized carbons (Fsp3) is 0.480. The van der Waals surface area contributed by atoms with Gasteiger partial charge in [0.05, 0.1) is 0 Å². The van der Waals surface area contributed by atoms with Crippen LogP contribution in [0, 0.1) is 20.8 Å². The number of carbonyl (C=O) groups excluding carboxylic acids is 1. The van der Waals surface area contributed by atoms with Crippen LogP contribution in [0.3, 0.4) is 0 Å². The summed E-state index contributed by atoms with van der Waals surface area (Å²) < 4.78 is 0. The van der Waals surface area contributed by atoms with Gasteiger partial charge >= 0.3 is 0 Å². The van der Waals surface area contributed by atoms with Gasteiger partial charge in [-0.2, -0.15) is 0 Å². The molecule has 0 bridgehead atoms. The lowest BCUT2D eigenvalue weighted by molar-refractivity contribution is -0.121. The number of piperazine rings is 1. The Balaban J connectivity index is 1.29. The molecule has 1 aliphatic rings. The summed E-state index contributed by atoms with van der Waals surface area (Å²) >= 11 is 0. The van der Waals surface area contributed by atoms with Crippen molar-refractivity contribution in [1.29, 1.82) is 0 Å². The number of benzene rings is 2. The number of anilines is 1. The van der Waals surface area contributed by atoms with Gasteiger partial charge in [0.15, 0.2) is 0 Å². The zero-order valence-electron chi connectivity index (χ0n) is 18.2. The minimum atomic E-state index is 0.161. The Labute approximate surface area is 175 Å². The molecule has 156 valence electrons. The largest absolute Gasteiger partial charge is 0.369 e. The number of aryl methyl sites for hydroxylation is 4. The van der Waals surface area contributed by atoms with Crippen LogP contribution in [0.2, 0.25) is 0 Å². The third kappa shape index (κ3) is 6.60. The molecule has 1 heterocycles. The van der Waals surface area contributed by atoms with Crippen molar-refractivity contribution >= 4 is 11.6 Å². The summed E-state index contributed by atoms with van der Waals surface area (Å²) in [5.74, 6) is 0.161. The molecule has 0 aromatic heterocycles. The first kappa shape index (κ1) is 21.4. The van der Waals surface area contributed by atoms with Crippen LogP contribution in [-0.2, 0) is 11.2 Å². The molecule has 2 aromatic rings. The molecule has 0 spiro atoms. The van der Waals surface area contributed by atoms with Gasteiger partial charge in [0, 0.05) is 44.8 Å². The Bertz CT molecular complexity index is 809. The fourth-order valence-corrected chi connectivity index (χ4v) is 4.05. The summed E-state index contributed by atoms with van der Waals surface area (Å²) in [5.41, 5.74) is 6.48. The van der Waals surface area contributed by atoms with Crippen LogP contribution in [0.4, 0.5) is 5.69 Å². The standard InChI is InChI=1S/C25H35N3O/c1-20-6-4-7-24(19-20)28-16-14-27(15-17-28)13-5-12-26-25(29)11-10-23-9-8-21(2)18-22(23)3/h4,6-9,18-19H,5,10-17H2,1-3H3,(H,26,29). The molecule has 3 rings (SSSR count). The first-order valence-corrected chi connectivity index (χ1v) is 10.9. The molecular formula is C25H35N3O. The van der Waals surface area contributed by atoms with Crippen LogP contribution >= 0.6 is 0 Å². The van der Waals surface area contributed by atoms with Crippen LogP contribution in [0.25, 0.3) is 0 Å².